The Hall–Kier alpha value is -1.10. The number of carboxylic acids is 1. The maximum atomic E-state index is 12.0. The smallest absolute Gasteiger partial charge is 0.306 e. The van der Waals surface area contributed by atoms with E-state index in [1.165, 1.54) is 0 Å². The van der Waals surface area contributed by atoms with Crippen molar-refractivity contribution < 1.29 is 14.7 Å². The number of amides is 1. The van der Waals surface area contributed by atoms with Crippen molar-refractivity contribution in [2.45, 2.75) is 64.8 Å². The van der Waals surface area contributed by atoms with Crippen molar-refractivity contribution in [3.05, 3.63) is 0 Å². The zero-order chi connectivity index (χ0) is 15.8. The Morgan fingerprint density at radius 1 is 1.24 bits per heavy atom. The Bertz CT molecular complexity index is 344. The highest BCUT2D eigenvalue weighted by molar-refractivity contribution is 5.78. The van der Waals surface area contributed by atoms with Crippen LogP contribution < -0.4 is 11.1 Å². The van der Waals surface area contributed by atoms with Gasteiger partial charge in [-0.3, -0.25) is 9.59 Å². The molecule has 1 aliphatic carbocycles. The van der Waals surface area contributed by atoms with E-state index in [1.54, 1.807) is 0 Å². The van der Waals surface area contributed by atoms with Gasteiger partial charge in [0.2, 0.25) is 5.91 Å². The minimum atomic E-state index is -0.723. The van der Waals surface area contributed by atoms with E-state index in [0.717, 1.165) is 44.9 Å². The SMILES string of the molecule is CC(N)CCCC(C)C(=O)NCC1CCCCC1C(=O)O. The highest BCUT2D eigenvalue weighted by Gasteiger charge is 2.31. The molecule has 1 amide bonds. The Morgan fingerprint density at radius 2 is 1.90 bits per heavy atom. The predicted octanol–water partition coefficient (Wildman–Crippen LogP) is 2.15. The van der Waals surface area contributed by atoms with Crippen LogP contribution >= 0.6 is 0 Å². The average Bonchev–Trinajstić information content (AvgIpc) is 2.44. The fourth-order valence-corrected chi connectivity index (χ4v) is 3.06. The number of carbonyl (C=O) groups is 2. The molecule has 1 rings (SSSR count). The van der Waals surface area contributed by atoms with Crippen molar-refractivity contribution in [2.24, 2.45) is 23.5 Å². The van der Waals surface area contributed by atoms with Gasteiger partial charge in [0.15, 0.2) is 0 Å². The summed E-state index contributed by atoms with van der Waals surface area (Å²) in [6.45, 7) is 4.39. The van der Waals surface area contributed by atoms with E-state index in [4.69, 9.17) is 5.73 Å². The average molecular weight is 298 g/mol. The molecule has 0 aromatic heterocycles. The molecule has 5 nitrogen and oxygen atoms in total. The summed E-state index contributed by atoms with van der Waals surface area (Å²) in [4.78, 5) is 23.3. The number of nitrogens with one attached hydrogen (secondary N) is 1. The van der Waals surface area contributed by atoms with Crippen LogP contribution in [0, 0.1) is 17.8 Å². The first-order valence-corrected chi connectivity index (χ1v) is 8.18. The molecule has 0 aromatic carbocycles. The number of hydrogen-bond acceptors (Lipinski definition) is 3. The van der Waals surface area contributed by atoms with E-state index >= 15 is 0 Å². The number of hydrogen-bond donors (Lipinski definition) is 3. The molecule has 122 valence electrons. The standard InChI is InChI=1S/C16H30N2O3/c1-11(6-5-7-12(2)17)15(19)18-10-13-8-3-4-9-14(13)16(20)21/h11-14H,3-10,17H2,1-2H3,(H,18,19)(H,20,21). The molecule has 0 radical (unpaired) electrons. The normalized spacial score (nSPS) is 25.1. The molecule has 4 unspecified atom stereocenters. The summed E-state index contributed by atoms with van der Waals surface area (Å²) in [6.07, 6.45) is 6.40. The number of aliphatic carboxylic acids is 1. The Balaban J connectivity index is 2.32. The van der Waals surface area contributed by atoms with Crippen molar-refractivity contribution in [1.82, 2.24) is 5.32 Å². The minimum Gasteiger partial charge on any atom is -0.481 e. The van der Waals surface area contributed by atoms with Crippen molar-refractivity contribution in [1.29, 1.82) is 0 Å². The van der Waals surface area contributed by atoms with Gasteiger partial charge in [0.25, 0.3) is 0 Å². The first kappa shape index (κ1) is 18.0. The molecule has 4 atom stereocenters. The van der Waals surface area contributed by atoms with E-state index in [-0.39, 0.29) is 29.7 Å². The third-order valence-electron chi connectivity index (χ3n) is 4.51. The monoisotopic (exact) mass is 298 g/mol. The van der Waals surface area contributed by atoms with Crippen LogP contribution in [-0.2, 0) is 9.59 Å². The van der Waals surface area contributed by atoms with Crippen LogP contribution in [0.1, 0.15) is 58.8 Å². The van der Waals surface area contributed by atoms with Gasteiger partial charge in [-0.1, -0.05) is 26.2 Å². The second-order valence-corrected chi connectivity index (χ2v) is 6.54. The van der Waals surface area contributed by atoms with Crippen molar-refractivity contribution >= 4 is 11.9 Å². The fourth-order valence-electron chi connectivity index (χ4n) is 3.06. The topological polar surface area (TPSA) is 92.4 Å². The van der Waals surface area contributed by atoms with Crippen molar-refractivity contribution in [2.75, 3.05) is 6.54 Å². The summed E-state index contributed by atoms with van der Waals surface area (Å²) in [6, 6.07) is 0.179. The van der Waals surface area contributed by atoms with E-state index in [2.05, 4.69) is 5.32 Å². The molecule has 0 heterocycles. The second-order valence-electron chi connectivity index (χ2n) is 6.54. The molecule has 5 heteroatoms. The summed E-state index contributed by atoms with van der Waals surface area (Å²) < 4.78 is 0. The van der Waals surface area contributed by atoms with Gasteiger partial charge in [0.05, 0.1) is 5.92 Å². The van der Waals surface area contributed by atoms with Crippen LogP contribution in [0.15, 0.2) is 0 Å². The molecule has 0 aromatic rings. The van der Waals surface area contributed by atoms with Crippen LogP contribution in [0.25, 0.3) is 0 Å². The van der Waals surface area contributed by atoms with Crippen LogP contribution in [0.5, 0.6) is 0 Å². The third kappa shape index (κ3) is 6.46. The summed E-state index contributed by atoms with van der Waals surface area (Å²) in [7, 11) is 0. The van der Waals surface area contributed by atoms with Gasteiger partial charge in [-0.05, 0) is 38.5 Å². The molecule has 1 aliphatic rings. The molecule has 21 heavy (non-hydrogen) atoms. The largest absolute Gasteiger partial charge is 0.481 e. The lowest BCUT2D eigenvalue weighted by Gasteiger charge is -2.29. The summed E-state index contributed by atoms with van der Waals surface area (Å²) in [5.74, 6) is -0.937. The first-order chi connectivity index (χ1) is 9.91. The van der Waals surface area contributed by atoms with E-state index < -0.39 is 5.97 Å². The number of carboxylic acid groups (broad SMARTS) is 1. The Kier molecular flexibility index (Phi) is 7.72. The van der Waals surface area contributed by atoms with Crippen LogP contribution in [-0.4, -0.2) is 29.6 Å². The zero-order valence-electron chi connectivity index (χ0n) is 13.3. The zero-order valence-corrected chi connectivity index (χ0v) is 13.3. The summed E-state index contributed by atoms with van der Waals surface area (Å²) >= 11 is 0. The number of nitrogens with two attached hydrogens (primary N) is 1. The van der Waals surface area contributed by atoms with Crippen molar-refractivity contribution in [3.8, 4) is 0 Å². The van der Waals surface area contributed by atoms with E-state index in [1.807, 2.05) is 13.8 Å². The van der Waals surface area contributed by atoms with Gasteiger partial charge in [-0.25, -0.2) is 0 Å². The highest BCUT2D eigenvalue weighted by atomic mass is 16.4. The van der Waals surface area contributed by atoms with Crippen molar-refractivity contribution in [3.63, 3.8) is 0 Å². The predicted molar refractivity (Wildman–Crippen MR) is 82.8 cm³/mol. The summed E-state index contributed by atoms with van der Waals surface area (Å²) in [5, 5.41) is 12.2. The quantitative estimate of drug-likeness (QED) is 0.640. The molecular formula is C16H30N2O3. The maximum absolute atomic E-state index is 12.0. The molecule has 0 spiro atoms. The number of carbonyl (C=O) groups excluding carboxylic acids is 1. The summed E-state index contributed by atoms with van der Waals surface area (Å²) in [5.41, 5.74) is 5.70. The molecule has 4 N–H and O–H groups in total. The van der Waals surface area contributed by atoms with Gasteiger partial charge in [0.1, 0.15) is 0 Å². The van der Waals surface area contributed by atoms with Crippen LogP contribution in [0.4, 0.5) is 0 Å². The van der Waals surface area contributed by atoms with Gasteiger partial charge in [0, 0.05) is 18.5 Å². The van der Waals surface area contributed by atoms with Gasteiger partial charge < -0.3 is 16.2 Å². The Morgan fingerprint density at radius 3 is 2.52 bits per heavy atom. The lowest BCUT2D eigenvalue weighted by atomic mass is 9.79. The van der Waals surface area contributed by atoms with E-state index in [9.17, 15) is 14.7 Å². The third-order valence-corrected chi connectivity index (χ3v) is 4.51. The fraction of sp³-hybridized carbons (Fsp3) is 0.875. The van der Waals surface area contributed by atoms with Crippen LogP contribution in [0.3, 0.4) is 0 Å². The lowest BCUT2D eigenvalue weighted by Crippen LogP contribution is -2.39. The second kappa shape index (κ2) is 9.03. The maximum Gasteiger partial charge on any atom is 0.306 e. The molecular weight excluding hydrogens is 268 g/mol. The Labute approximate surface area is 127 Å². The van der Waals surface area contributed by atoms with Gasteiger partial charge in [-0.15, -0.1) is 0 Å². The van der Waals surface area contributed by atoms with Gasteiger partial charge >= 0.3 is 5.97 Å². The highest BCUT2D eigenvalue weighted by Crippen LogP contribution is 2.29. The number of rotatable bonds is 8. The molecule has 1 fully saturated rings. The van der Waals surface area contributed by atoms with E-state index in [0.29, 0.717) is 6.54 Å². The van der Waals surface area contributed by atoms with Crippen LogP contribution in [0.2, 0.25) is 0 Å². The lowest BCUT2D eigenvalue weighted by molar-refractivity contribution is -0.145. The molecule has 1 saturated carbocycles. The first-order valence-electron chi connectivity index (χ1n) is 8.18. The minimum absolute atomic E-state index is 0.0318. The molecule has 0 aliphatic heterocycles. The van der Waals surface area contributed by atoms with Gasteiger partial charge in [-0.2, -0.15) is 0 Å². The molecule has 0 bridgehead atoms. The molecule has 0 saturated heterocycles.